The van der Waals surface area contributed by atoms with Gasteiger partial charge in [0.2, 0.25) is 5.91 Å². The summed E-state index contributed by atoms with van der Waals surface area (Å²) in [7, 11) is 0. The number of hydrogen-bond acceptors (Lipinski definition) is 4. The predicted molar refractivity (Wildman–Crippen MR) is 110 cm³/mol. The summed E-state index contributed by atoms with van der Waals surface area (Å²) in [4.78, 5) is 29.8. The number of nitrogens with zero attached hydrogens (tertiary/aromatic N) is 1. The van der Waals surface area contributed by atoms with Crippen LogP contribution < -0.4 is 10.6 Å². The van der Waals surface area contributed by atoms with Gasteiger partial charge in [-0.05, 0) is 48.5 Å². The molecular weight excluding hydrogens is 426 g/mol. The highest BCUT2D eigenvalue weighted by Crippen LogP contribution is 2.29. The van der Waals surface area contributed by atoms with Crippen LogP contribution in [0.3, 0.4) is 0 Å². The van der Waals surface area contributed by atoms with Crippen LogP contribution in [0.2, 0.25) is 0 Å². The number of carbonyl (C=O) groups excluding carboxylic acids is 2. The molecule has 0 aliphatic carbocycles. The van der Waals surface area contributed by atoms with E-state index >= 15 is 0 Å². The first-order chi connectivity index (χ1) is 13.1. The first-order valence-corrected chi connectivity index (χ1v) is 9.74. The number of amides is 2. The second kappa shape index (κ2) is 9.34. The second-order valence-corrected chi connectivity index (χ2v) is 7.49. The zero-order valence-electron chi connectivity index (χ0n) is 14.2. The van der Waals surface area contributed by atoms with Crippen LogP contribution in [0.1, 0.15) is 10.4 Å². The Hall–Kier alpha value is -2.64. The molecule has 2 N–H and O–H groups in total. The summed E-state index contributed by atoms with van der Waals surface area (Å²) < 4.78 is 0.982. The van der Waals surface area contributed by atoms with E-state index in [1.165, 1.54) is 11.8 Å². The Kier molecular flexibility index (Phi) is 6.62. The van der Waals surface area contributed by atoms with Crippen molar-refractivity contribution in [3.05, 3.63) is 83.0 Å². The highest BCUT2D eigenvalue weighted by Gasteiger charge is 2.14. The highest BCUT2D eigenvalue weighted by atomic mass is 79.9. The van der Waals surface area contributed by atoms with Gasteiger partial charge in [0.15, 0.2) is 0 Å². The summed E-state index contributed by atoms with van der Waals surface area (Å²) in [5, 5.41) is 5.96. The molecule has 2 aromatic carbocycles. The number of aromatic nitrogens is 1. The molecule has 0 unspecified atom stereocenters. The van der Waals surface area contributed by atoms with Gasteiger partial charge in [-0.15, -0.1) is 0 Å². The number of halogens is 1. The minimum absolute atomic E-state index is 0.120. The van der Waals surface area contributed by atoms with Gasteiger partial charge < -0.3 is 10.6 Å². The molecule has 1 heterocycles. The number of benzene rings is 2. The van der Waals surface area contributed by atoms with Gasteiger partial charge in [-0.2, -0.15) is 0 Å². The summed E-state index contributed by atoms with van der Waals surface area (Å²) in [5.41, 5.74) is 1.11. The number of rotatable bonds is 6. The van der Waals surface area contributed by atoms with E-state index in [1.807, 2.05) is 42.5 Å². The van der Waals surface area contributed by atoms with Crippen molar-refractivity contribution in [1.82, 2.24) is 10.3 Å². The molecule has 0 bridgehead atoms. The fourth-order valence-electron chi connectivity index (χ4n) is 2.24. The topological polar surface area (TPSA) is 71.1 Å². The largest absolute Gasteiger partial charge is 0.343 e. The minimum Gasteiger partial charge on any atom is -0.343 e. The maximum atomic E-state index is 12.5. The molecule has 7 heteroatoms. The fourth-order valence-corrected chi connectivity index (χ4v) is 3.39. The van der Waals surface area contributed by atoms with Crippen LogP contribution >= 0.6 is 27.7 Å². The second-order valence-electron chi connectivity index (χ2n) is 5.51. The lowest BCUT2D eigenvalue weighted by atomic mass is 10.2. The van der Waals surface area contributed by atoms with Crippen LogP contribution in [0.15, 0.2) is 87.3 Å². The first kappa shape index (κ1) is 19.1. The van der Waals surface area contributed by atoms with Crippen molar-refractivity contribution >= 4 is 45.2 Å². The van der Waals surface area contributed by atoms with E-state index < -0.39 is 0 Å². The molecule has 0 radical (unpaired) electrons. The van der Waals surface area contributed by atoms with E-state index in [2.05, 4.69) is 31.5 Å². The lowest BCUT2D eigenvalue weighted by molar-refractivity contribution is -0.115. The molecule has 0 aliphatic rings. The van der Waals surface area contributed by atoms with E-state index in [9.17, 15) is 9.59 Å². The van der Waals surface area contributed by atoms with Crippen LogP contribution in [0, 0.1) is 0 Å². The monoisotopic (exact) mass is 441 g/mol. The standard InChI is InChI=1S/C20H16BrN3O2S/c21-14-8-10-16(11-9-14)27-20-17(7-4-12-22-20)19(26)23-13-18(25)24-15-5-2-1-3-6-15/h1-12H,13H2,(H,23,26)(H,24,25). The molecule has 0 fully saturated rings. The van der Waals surface area contributed by atoms with Crippen LogP contribution in [0.25, 0.3) is 0 Å². The Morgan fingerprint density at radius 1 is 0.963 bits per heavy atom. The molecule has 0 atom stereocenters. The van der Waals surface area contributed by atoms with Gasteiger partial charge in [0.05, 0.1) is 12.1 Å². The van der Waals surface area contributed by atoms with Crippen molar-refractivity contribution in [1.29, 1.82) is 0 Å². The van der Waals surface area contributed by atoms with E-state index in [1.54, 1.807) is 30.5 Å². The third kappa shape index (κ3) is 5.67. The van der Waals surface area contributed by atoms with Gasteiger partial charge in [-0.25, -0.2) is 4.98 Å². The van der Waals surface area contributed by atoms with Crippen molar-refractivity contribution in [2.24, 2.45) is 0 Å². The fraction of sp³-hybridized carbons (Fsp3) is 0.0500. The first-order valence-electron chi connectivity index (χ1n) is 8.13. The Bertz CT molecular complexity index is 933. The summed E-state index contributed by atoms with van der Waals surface area (Å²) >= 11 is 4.79. The zero-order chi connectivity index (χ0) is 19.1. The third-order valence-corrected chi connectivity index (χ3v) is 5.07. The van der Waals surface area contributed by atoms with Gasteiger partial charge >= 0.3 is 0 Å². The Morgan fingerprint density at radius 3 is 2.44 bits per heavy atom. The summed E-state index contributed by atoms with van der Waals surface area (Å²) in [6.45, 7) is -0.120. The van der Waals surface area contributed by atoms with Crippen molar-refractivity contribution in [2.75, 3.05) is 11.9 Å². The van der Waals surface area contributed by atoms with Crippen molar-refractivity contribution in [2.45, 2.75) is 9.92 Å². The number of hydrogen-bond donors (Lipinski definition) is 2. The molecule has 27 heavy (non-hydrogen) atoms. The lowest BCUT2D eigenvalue weighted by Gasteiger charge is -2.09. The maximum absolute atomic E-state index is 12.5. The summed E-state index contributed by atoms with van der Waals surface area (Å²) in [6, 6.07) is 20.2. The molecule has 0 spiro atoms. The molecule has 136 valence electrons. The molecular formula is C20H16BrN3O2S. The van der Waals surface area contributed by atoms with Gasteiger partial charge in [0.25, 0.3) is 5.91 Å². The minimum atomic E-state index is -0.342. The van der Waals surface area contributed by atoms with E-state index in [-0.39, 0.29) is 18.4 Å². The third-order valence-electron chi connectivity index (χ3n) is 3.51. The molecule has 0 saturated carbocycles. The predicted octanol–water partition coefficient (Wildman–Crippen LogP) is 4.36. The number of nitrogens with one attached hydrogen (secondary N) is 2. The molecule has 5 nitrogen and oxygen atoms in total. The molecule has 1 aromatic heterocycles. The molecule has 3 aromatic rings. The molecule has 0 aliphatic heterocycles. The average molecular weight is 442 g/mol. The van der Waals surface area contributed by atoms with Gasteiger partial charge in [0.1, 0.15) is 5.03 Å². The highest BCUT2D eigenvalue weighted by molar-refractivity contribution is 9.10. The van der Waals surface area contributed by atoms with Gasteiger partial charge in [0, 0.05) is 21.3 Å². The number of carbonyl (C=O) groups is 2. The van der Waals surface area contributed by atoms with Gasteiger partial charge in [-0.1, -0.05) is 45.9 Å². The normalized spacial score (nSPS) is 10.3. The molecule has 2 amide bonds. The molecule has 0 saturated heterocycles. The van der Waals surface area contributed by atoms with Crippen molar-refractivity contribution < 1.29 is 9.59 Å². The average Bonchev–Trinajstić information content (AvgIpc) is 2.69. The van der Waals surface area contributed by atoms with Crippen LogP contribution in [0.4, 0.5) is 5.69 Å². The summed E-state index contributed by atoms with van der Waals surface area (Å²) in [5.74, 6) is -0.633. The zero-order valence-corrected chi connectivity index (χ0v) is 16.6. The lowest BCUT2D eigenvalue weighted by Crippen LogP contribution is -2.33. The van der Waals surface area contributed by atoms with Crippen LogP contribution in [-0.2, 0) is 4.79 Å². The van der Waals surface area contributed by atoms with E-state index in [4.69, 9.17) is 0 Å². The van der Waals surface area contributed by atoms with Crippen molar-refractivity contribution in [3.63, 3.8) is 0 Å². The number of para-hydroxylation sites is 1. The summed E-state index contributed by atoms with van der Waals surface area (Å²) in [6.07, 6.45) is 1.64. The van der Waals surface area contributed by atoms with Crippen LogP contribution in [0.5, 0.6) is 0 Å². The smallest absolute Gasteiger partial charge is 0.254 e. The molecule has 3 rings (SSSR count). The maximum Gasteiger partial charge on any atom is 0.254 e. The SMILES string of the molecule is O=C(CNC(=O)c1cccnc1Sc1ccc(Br)cc1)Nc1ccccc1. The number of pyridine rings is 1. The Morgan fingerprint density at radius 2 is 1.70 bits per heavy atom. The van der Waals surface area contributed by atoms with Crippen LogP contribution in [-0.4, -0.2) is 23.3 Å². The number of anilines is 1. The Labute approximate surface area is 169 Å². The van der Waals surface area contributed by atoms with Gasteiger partial charge in [-0.3, -0.25) is 9.59 Å². The Balaban J connectivity index is 1.63. The van der Waals surface area contributed by atoms with E-state index in [0.717, 1.165) is 9.37 Å². The van der Waals surface area contributed by atoms with E-state index in [0.29, 0.717) is 16.3 Å². The van der Waals surface area contributed by atoms with Crippen molar-refractivity contribution in [3.8, 4) is 0 Å². The quantitative estimate of drug-likeness (QED) is 0.595.